The minimum Gasteiger partial charge on any atom is -0.445 e. The summed E-state index contributed by atoms with van der Waals surface area (Å²) in [5.41, 5.74) is 1.45. The van der Waals surface area contributed by atoms with Gasteiger partial charge in [-0.3, -0.25) is 14.9 Å². The molecule has 0 bridgehead atoms. The van der Waals surface area contributed by atoms with Crippen molar-refractivity contribution in [2.24, 2.45) is 0 Å². The van der Waals surface area contributed by atoms with Crippen LogP contribution in [0.15, 0.2) is 36.8 Å². The summed E-state index contributed by atoms with van der Waals surface area (Å²) in [5.74, 6) is -1.43. The molecule has 5 rings (SSSR count). The molecule has 1 aliphatic rings. The number of nitrogens with zero attached hydrogens (tertiary/aromatic N) is 5. The first-order chi connectivity index (χ1) is 19.4. The summed E-state index contributed by atoms with van der Waals surface area (Å²) in [6.45, 7) is 2.24. The molecule has 208 valence electrons. The van der Waals surface area contributed by atoms with Crippen LogP contribution in [0.3, 0.4) is 0 Å². The van der Waals surface area contributed by atoms with Crippen LogP contribution in [0.5, 0.6) is 0 Å². The summed E-state index contributed by atoms with van der Waals surface area (Å²) >= 11 is 0. The molecule has 12 nitrogen and oxygen atoms in total. The summed E-state index contributed by atoms with van der Waals surface area (Å²) in [5, 5.41) is 15.9. The Morgan fingerprint density at radius 2 is 1.98 bits per heavy atom. The molecule has 2 atom stereocenters. The molecule has 4 N–H and O–H groups in total. The number of rotatable bonds is 8. The van der Waals surface area contributed by atoms with Crippen molar-refractivity contribution >= 4 is 28.9 Å². The number of hydrogen-bond donors (Lipinski definition) is 4. The lowest BCUT2D eigenvalue weighted by Crippen LogP contribution is -2.42. The van der Waals surface area contributed by atoms with Crippen LogP contribution in [0.25, 0.3) is 22.6 Å². The number of hydrogen-bond acceptors (Lipinski definition) is 9. The molecule has 0 saturated heterocycles. The Morgan fingerprint density at radius 1 is 1.12 bits per heavy atom. The average Bonchev–Trinajstić information content (AvgIpc) is 3.37. The fraction of sp³-hybridized carbons (Fsp3) is 0.346. The summed E-state index contributed by atoms with van der Waals surface area (Å²) in [7, 11) is 0. The second-order valence-corrected chi connectivity index (χ2v) is 9.35. The quantitative estimate of drug-likeness (QED) is 0.257. The topological polar surface area (TPSA) is 160 Å². The van der Waals surface area contributed by atoms with Crippen molar-refractivity contribution < 1.29 is 23.1 Å². The van der Waals surface area contributed by atoms with Crippen molar-refractivity contribution in [1.82, 2.24) is 40.8 Å². The lowest BCUT2D eigenvalue weighted by molar-refractivity contribution is 0.0921. The van der Waals surface area contributed by atoms with Crippen molar-refractivity contribution in [3.8, 4) is 11.5 Å². The van der Waals surface area contributed by atoms with Crippen molar-refractivity contribution in [1.29, 1.82) is 0 Å². The third-order valence-corrected chi connectivity index (χ3v) is 6.44. The molecule has 0 spiro atoms. The molecular formula is C26H27F2N9O3. The van der Waals surface area contributed by atoms with Crippen molar-refractivity contribution in [3.05, 3.63) is 59.7 Å². The molecule has 0 aliphatic heterocycles. The Bertz CT molecular complexity index is 1530. The monoisotopic (exact) mass is 551 g/mol. The van der Waals surface area contributed by atoms with Gasteiger partial charge in [-0.25, -0.2) is 28.5 Å². The molecule has 40 heavy (non-hydrogen) atoms. The highest BCUT2D eigenvalue weighted by atomic mass is 19.1. The Balaban J connectivity index is 1.23. The first-order valence-corrected chi connectivity index (χ1v) is 12.8. The van der Waals surface area contributed by atoms with Crippen molar-refractivity contribution in [2.75, 3.05) is 11.9 Å². The van der Waals surface area contributed by atoms with E-state index >= 15 is 0 Å². The van der Waals surface area contributed by atoms with Gasteiger partial charge in [0.05, 0.1) is 17.8 Å². The largest absolute Gasteiger partial charge is 0.445 e. The molecule has 1 fully saturated rings. The zero-order valence-corrected chi connectivity index (χ0v) is 21.6. The van der Waals surface area contributed by atoms with E-state index in [1.54, 1.807) is 19.1 Å². The van der Waals surface area contributed by atoms with Crippen molar-refractivity contribution in [3.63, 3.8) is 0 Å². The molecular weight excluding hydrogens is 524 g/mol. The highest BCUT2D eigenvalue weighted by Gasteiger charge is 2.26. The molecule has 4 aromatic heterocycles. The van der Waals surface area contributed by atoms with E-state index in [0.29, 0.717) is 29.6 Å². The summed E-state index contributed by atoms with van der Waals surface area (Å²) in [6.07, 6.45) is 5.87. The maximum absolute atomic E-state index is 14.7. The molecule has 0 radical (unpaired) electrons. The molecule has 0 unspecified atom stereocenters. The third kappa shape index (κ3) is 6.27. The summed E-state index contributed by atoms with van der Waals surface area (Å²) < 4.78 is 33.5. The van der Waals surface area contributed by atoms with Gasteiger partial charge in [-0.1, -0.05) is 0 Å². The Kier molecular flexibility index (Phi) is 8.03. The second kappa shape index (κ2) is 12.0. The number of pyridine rings is 2. The SMILES string of the molecule is CCNC(=O)OCc1ccnc(C(=O)N[C@@H]2CCC[C@H](Nc3nc(-c4n[nH]c5ncc(F)cc45)ncc3F)C2)c1. The van der Waals surface area contributed by atoms with E-state index in [-0.39, 0.29) is 47.6 Å². The van der Waals surface area contributed by atoms with Gasteiger partial charge in [-0.05, 0) is 56.4 Å². The predicted molar refractivity (Wildman–Crippen MR) is 140 cm³/mol. The number of aromatic nitrogens is 6. The van der Waals surface area contributed by atoms with Gasteiger partial charge in [0, 0.05) is 24.8 Å². The average molecular weight is 552 g/mol. The van der Waals surface area contributed by atoms with Gasteiger partial charge in [0.15, 0.2) is 23.1 Å². The highest BCUT2D eigenvalue weighted by Crippen LogP contribution is 2.27. The number of anilines is 1. The van der Waals surface area contributed by atoms with E-state index in [1.165, 1.54) is 12.3 Å². The van der Waals surface area contributed by atoms with Gasteiger partial charge < -0.3 is 20.7 Å². The standard InChI is InChI=1S/C26H27F2N9O3/c1-2-29-26(39)40-13-14-6-7-30-20(8-14)25(38)34-17-5-3-4-16(10-17)33-23-19(28)12-32-24(35-23)21-18-9-15(27)11-31-22(18)37-36-21/h6-9,11-12,16-17H,2-5,10,13H2,1H3,(H,29,39)(H,34,38)(H,31,36,37)(H,32,33,35)/t16-,17+/m0/s1. The van der Waals surface area contributed by atoms with Gasteiger partial charge in [-0.15, -0.1) is 0 Å². The van der Waals surface area contributed by atoms with E-state index in [1.807, 2.05) is 0 Å². The van der Waals surface area contributed by atoms with Crippen LogP contribution in [-0.4, -0.2) is 60.8 Å². The number of amides is 2. The Hall–Kier alpha value is -4.75. The summed E-state index contributed by atoms with van der Waals surface area (Å²) in [4.78, 5) is 40.8. The fourth-order valence-corrected chi connectivity index (χ4v) is 4.57. The maximum atomic E-state index is 14.7. The number of halogens is 2. The minimum atomic E-state index is -0.644. The Morgan fingerprint density at radius 3 is 2.83 bits per heavy atom. The lowest BCUT2D eigenvalue weighted by Gasteiger charge is -2.30. The first-order valence-electron chi connectivity index (χ1n) is 12.8. The predicted octanol–water partition coefficient (Wildman–Crippen LogP) is 3.49. The van der Waals surface area contributed by atoms with Crippen LogP contribution in [0, 0.1) is 11.6 Å². The van der Waals surface area contributed by atoms with Crippen LogP contribution >= 0.6 is 0 Å². The molecule has 14 heteroatoms. The van der Waals surface area contributed by atoms with E-state index in [9.17, 15) is 18.4 Å². The molecule has 2 amide bonds. The van der Waals surface area contributed by atoms with Crippen LogP contribution in [0.1, 0.15) is 48.7 Å². The van der Waals surface area contributed by atoms with E-state index in [0.717, 1.165) is 31.7 Å². The zero-order valence-electron chi connectivity index (χ0n) is 21.6. The van der Waals surface area contributed by atoms with E-state index < -0.39 is 17.7 Å². The third-order valence-electron chi connectivity index (χ3n) is 6.44. The molecule has 1 aliphatic carbocycles. The highest BCUT2D eigenvalue weighted by molar-refractivity contribution is 5.92. The smallest absolute Gasteiger partial charge is 0.407 e. The number of H-pyrrole nitrogens is 1. The molecule has 4 heterocycles. The number of carbonyl (C=O) groups is 2. The van der Waals surface area contributed by atoms with Gasteiger partial charge in [0.2, 0.25) is 0 Å². The van der Waals surface area contributed by atoms with Crippen molar-refractivity contribution in [2.45, 2.75) is 51.3 Å². The van der Waals surface area contributed by atoms with Gasteiger partial charge in [0.1, 0.15) is 23.8 Å². The van der Waals surface area contributed by atoms with Gasteiger partial charge in [-0.2, -0.15) is 5.10 Å². The van der Waals surface area contributed by atoms with Gasteiger partial charge in [0.25, 0.3) is 5.91 Å². The maximum Gasteiger partial charge on any atom is 0.407 e. The Labute approximate surface area is 227 Å². The number of carbonyl (C=O) groups excluding carboxylic acids is 2. The lowest BCUT2D eigenvalue weighted by atomic mass is 9.91. The number of alkyl carbamates (subject to hydrolysis) is 1. The number of nitrogens with one attached hydrogen (secondary N) is 4. The molecule has 1 saturated carbocycles. The minimum absolute atomic E-state index is 0.00998. The van der Waals surface area contributed by atoms with Crippen LogP contribution < -0.4 is 16.0 Å². The van der Waals surface area contributed by atoms with E-state index in [2.05, 4.69) is 46.1 Å². The van der Waals surface area contributed by atoms with Crippen LogP contribution in [0.4, 0.5) is 19.4 Å². The first kappa shape index (κ1) is 26.8. The molecule has 4 aromatic rings. The zero-order chi connectivity index (χ0) is 28.1. The van der Waals surface area contributed by atoms with Gasteiger partial charge >= 0.3 is 6.09 Å². The normalized spacial score (nSPS) is 16.9. The number of fused-ring (bicyclic) bond motifs is 1. The fourth-order valence-electron chi connectivity index (χ4n) is 4.57. The second-order valence-electron chi connectivity index (χ2n) is 9.35. The number of aromatic amines is 1. The number of ether oxygens (including phenoxy) is 1. The van der Waals surface area contributed by atoms with Crippen LogP contribution in [-0.2, 0) is 11.3 Å². The molecule has 0 aromatic carbocycles. The van der Waals surface area contributed by atoms with E-state index in [4.69, 9.17) is 4.74 Å². The summed E-state index contributed by atoms with van der Waals surface area (Å²) in [6, 6.07) is 4.15. The van der Waals surface area contributed by atoms with Crippen LogP contribution in [0.2, 0.25) is 0 Å².